The minimum atomic E-state index is -0.414. The third kappa shape index (κ3) is 4.55. The molecule has 0 bridgehead atoms. The van der Waals surface area contributed by atoms with Gasteiger partial charge in [0.1, 0.15) is 5.82 Å². The van der Waals surface area contributed by atoms with Gasteiger partial charge in [0.2, 0.25) is 5.91 Å². The summed E-state index contributed by atoms with van der Waals surface area (Å²) in [5.41, 5.74) is 3.78. The van der Waals surface area contributed by atoms with Gasteiger partial charge in [-0.3, -0.25) is 4.79 Å². The largest absolute Gasteiger partial charge is 0.371 e. The van der Waals surface area contributed by atoms with Crippen LogP contribution in [0.15, 0.2) is 42.5 Å². The van der Waals surface area contributed by atoms with Crippen LogP contribution in [0.25, 0.3) is 0 Å². The van der Waals surface area contributed by atoms with Crippen LogP contribution in [0.5, 0.6) is 0 Å². The molecule has 1 N–H and O–H groups in total. The summed E-state index contributed by atoms with van der Waals surface area (Å²) in [7, 11) is 0. The molecule has 0 spiro atoms. The fourth-order valence-electron chi connectivity index (χ4n) is 2.62. The molecule has 3 nitrogen and oxygen atoms in total. The van der Waals surface area contributed by atoms with E-state index in [1.807, 2.05) is 0 Å². The molecule has 0 saturated heterocycles. The quantitative estimate of drug-likeness (QED) is 0.862. The Labute approximate surface area is 137 Å². The second kappa shape index (κ2) is 7.77. The van der Waals surface area contributed by atoms with Gasteiger partial charge in [0, 0.05) is 25.2 Å². The summed E-state index contributed by atoms with van der Waals surface area (Å²) >= 11 is 0. The number of para-hydroxylation sites is 1. The van der Waals surface area contributed by atoms with Crippen LogP contribution < -0.4 is 10.2 Å². The van der Waals surface area contributed by atoms with Crippen molar-refractivity contribution in [1.82, 2.24) is 0 Å². The van der Waals surface area contributed by atoms with Gasteiger partial charge in [-0.1, -0.05) is 29.8 Å². The number of hydrogen-bond donors (Lipinski definition) is 1. The van der Waals surface area contributed by atoms with Crippen LogP contribution in [-0.4, -0.2) is 19.0 Å². The van der Waals surface area contributed by atoms with Crippen molar-refractivity contribution in [3.05, 3.63) is 59.4 Å². The molecule has 2 aromatic rings. The van der Waals surface area contributed by atoms with Crippen molar-refractivity contribution in [1.29, 1.82) is 0 Å². The Morgan fingerprint density at radius 2 is 1.91 bits per heavy atom. The SMILES string of the molecule is CCN(CCC(=O)Nc1ccccc1F)c1ccc(C)cc1C. The molecular weight excluding hydrogens is 291 g/mol. The molecule has 23 heavy (non-hydrogen) atoms. The van der Waals surface area contributed by atoms with Crippen LogP contribution in [0, 0.1) is 19.7 Å². The smallest absolute Gasteiger partial charge is 0.226 e. The van der Waals surface area contributed by atoms with Crippen molar-refractivity contribution in [2.75, 3.05) is 23.3 Å². The Morgan fingerprint density at radius 3 is 2.57 bits per heavy atom. The summed E-state index contributed by atoms with van der Waals surface area (Å²) < 4.78 is 13.5. The number of halogens is 1. The van der Waals surface area contributed by atoms with E-state index >= 15 is 0 Å². The summed E-state index contributed by atoms with van der Waals surface area (Å²) in [5, 5.41) is 2.62. The molecular formula is C19H23FN2O. The number of carbonyl (C=O) groups is 1. The van der Waals surface area contributed by atoms with Crippen molar-refractivity contribution in [2.24, 2.45) is 0 Å². The van der Waals surface area contributed by atoms with Crippen LogP contribution in [0.3, 0.4) is 0 Å². The lowest BCUT2D eigenvalue weighted by Gasteiger charge is -2.25. The molecule has 4 heteroatoms. The number of amides is 1. The fourth-order valence-corrected chi connectivity index (χ4v) is 2.62. The van der Waals surface area contributed by atoms with E-state index < -0.39 is 5.82 Å². The molecule has 2 aromatic carbocycles. The number of nitrogens with one attached hydrogen (secondary N) is 1. The highest BCUT2D eigenvalue weighted by Gasteiger charge is 2.11. The number of aryl methyl sites for hydroxylation is 2. The van der Waals surface area contributed by atoms with Crippen LogP contribution in [0.1, 0.15) is 24.5 Å². The van der Waals surface area contributed by atoms with Crippen molar-refractivity contribution in [3.63, 3.8) is 0 Å². The van der Waals surface area contributed by atoms with Gasteiger partial charge >= 0.3 is 0 Å². The van der Waals surface area contributed by atoms with Gasteiger partial charge in [-0.15, -0.1) is 0 Å². The first kappa shape index (κ1) is 17.0. The van der Waals surface area contributed by atoms with Gasteiger partial charge < -0.3 is 10.2 Å². The van der Waals surface area contributed by atoms with E-state index in [0.29, 0.717) is 13.0 Å². The minimum absolute atomic E-state index is 0.182. The zero-order chi connectivity index (χ0) is 16.8. The van der Waals surface area contributed by atoms with Crippen LogP contribution in [-0.2, 0) is 4.79 Å². The second-order valence-electron chi connectivity index (χ2n) is 5.65. The predicted molar refractivity (Wildman–Crippen MR) is 93.4 cm³/mol. The molecule has 0 atom stereocenters. The lowest BCUT2D eigenvalue weighted by atomic mass is 10.1. The first-order valence-corrected chi connectivity index (χ1v) is 7.88. The van der Waals surface area contributed by atoms with Crippen molar-refractivity contribution in [2.45, 2.75) is 27.2 Å². The maximum Gasteiger partial charge on any atom is 0.226 e. The number of nitrogens with zero attached hydrogens (tertiary/aromatic N) is 1. The monoisotopic (exact) mass is 314 g/mol. The summed E-state index contributed by atoms with van der Waals surface area (Å²) in [6.07, 6.45) is 0.315. The number of rotatable bonds is 6. The van der Waals surface area contributed by atoms with Crippen molar-refractivity contribution < 1.29 is 9.18 Å². The third-order valence-corrected chi connectivity index (χ3v) is 3.83. The van der Waals surface area contributed by atoms with Gasteiger partial charge in [-0.2, -0.15) is 0 Å². The summed E-state index contributed by atoms with van der Waals surface area (Å²) in [6.45, 7) is 7.62. The normalized spacial score (nSPS) is 10.4. The highest BCUT2D eigenvalue weighted by molar-refractivity contribution is 5.91. The van der Waals surface area contributed by atoms with Gasteiger partial charge in [0.25, 0.3) is 0 Å². The summed E-state index contributed by atoms with van der Waals surface area (Å²) in [5.74, 6) is -0.596. The average molecular weight is 314 g/mol. The third-order valence-electron chi connectivity index (χ3n) is 3.83. The molecule has 0 radical (unpaired) electrons. The van der Waals surface area contributed by atoms with E-state index in [2.05, 4.69) is 49.2 Å². The highest BCUT2D eigenvalue weighted by atomic mass is 19.1. The molecule has 0 aliphatic heterocycles. The molecule has 1 amide bonds. The van der Waals surface area contributed by atoms with E-state index in [-0.39, 0.29) is 11.6 Å². The van der Waals surface area contributed by atoms with E-state index in [1.54, 1.807) is 18.2 Å². The van der Waals surface area contributed by atoms with Gasteiger partial charge in [0.05, 0.1) is 5.69 Å². The van der Waals surface area contributed by atoms with Crippen LogP contribution in [0.2, 0.25) is 0 Å². The standard InChI is InChI=1S/C19H23FN2O/c1-4-22(18-10-9-14(2)13-15(18)3)12-11-19(23)21-17-8-6-5-7-16(17)20/h5-10,13H,4,11-12H2,1-3H3,(H,21,23). The lowest BCUT2D eigenvalue weighted by molar-refractivity contribution is -0.116. The maximum absolute atomic E-state index is 13.5. The second-order valence-corrected chi connectivity index (χ2v) is 5.65. The number of carbonyl (C=O) groups excluding carboxylic acids is 1. The number of benzene rings is 2. The maximum atomic E-state index is 13.5. The molecule has 0 aliphatic rings. The first-order chi connectivity index (χ1) is 11.0. The minimum Gasteiger partial charge on any atom is -0.371 e. The highest BCUT2D eigenvalue weighted by Crippen LogP contribution is 2.21. The molecule has 2 rings (SSSR count). The van der Waals surface area contributed by atoms with E-state index in [4.69, 9.17) is 0 Å². The molecule has 0 heterocycles. The zero-order valence-corrected chi connectivity index (χ0v) is 13.9. The van der Waals surface area contributed by atoms with E-state index in [0.717, 1.165) is 12.2 Å². The molecule has 122 valence electrons. The van der Waals surface area contributed by atoms with Crippen molar-refractivity contribution >= 4 is 17.3 Å². The average Bonchev–Trinajstić information content (AvgIpc) is 2.52. The van der Waals surface area contributed by atoms with Crippen molar-refractivity contribution in [3.8, 4) is 0 Å². The van der Waals surface area contributed by atoms with E-state index in [1.165, 1.54) is 17.2 Å². The number of anilines is 2. The summed E-state index contributed by atoms with van der Waals surface area (Å²) in [6, 6.07) is 12.5. The molecule has 0 aliphatic carbocycles. The Balaban J connectivity index is 1.97. The Morgan fingerprint density at radius 1 is 1.17 bits per heavy atom. The summed E-state index contributed by atoms with van der Waals surface area (Å²) in [4.78, 5) is 14.2. The first-order valence-electron chi connectivity index (χ1n) is 7.88. The van der Waals surface area contributed by atoms with Crippen LogP contribution in [0.4, 0.5) is 15.8 Å². The molecule has 0 aromatic heterocycles. The fraction of sp³-hybridized carbons (Fsp3) is 0.316. The molecule has 0 unspecified atom stereocenters. The Kier molecular flexibility index (Phi) is 5.74. The topological polar surface area (TPSA) is 32.3 Å². The number of hydrogen-bond acceptors (Lipinski definition) is 2. The molecule has 0 fully saturated rings. The Bertz CT molecular complexity index is 685. The van der Waals surface area contributed by atoms with Gasteiger partial charge in [-0.05, 0) is 44.5 Å². The van der Waals surface area contributed by atoms with Gasteiger partial charge in [-0.25, -0.2) is 4.39 Å². The van der Waals surface area contributed by atoms with Gasteiger partial charge in [0.15, 0.2) is 0 Å². The Hall–Kier alpha value is -2.36. The molecule has 0 saturated carbocycles. The van der Waals surface area contributed by atoms with Crippen LogP contribution >= 0.6 is 0 Å². The predicted octanol–water partition coefficient (Wildman–Crippen LogP) is 4.30. The lowest BCUT2D eigenvalue weighted by Crippen LogP contribution is -2.28. The zero-order valence-electron chi connectivity index (χ0n) is 13.9. The van der Waals surface area contributed by atoms with E-state index in [9.17, 15) is 9.18 Å².